The summed E-state index contributed by atoms with van der Waals surface area (Å²) in [6.45, 7) is 1.67. The van der Waals surface area contributed by atoms with Crippen LogP contribution in [-0.4, -0.2) is 30.7 Å². The van der Waals surface area contributed by atoms with E-state index in [1.807, 2.05) is 121 Å². The molecule has 4 aromatic carbocycles. The summed E-state index contributed by atoms with van der Waals surface area (Å²) in [5, 5.41) is 0. The predicted molar refractivity (Wildman–Crippen MR) is 154 cm³/mol. The van der Waals surface area contributed by atoms with Crippen molar-refractivity contribution >= 4 is 5.78 Å². The van der Waals surface area contributed by atoms with Gasteiger partial charge in [-0.3, -0.25) is 4.79 Å². The maximum absolute atomic E-state index is 13.5. The van der Waals surface area contributed by atoms with E-state index in [-0.39, 0.29) is 12.4 Å². The van der Waals surface area contributed by atoms with Crippen LogP contribution in [0.5, 0.6) is 0 Å². The Bertz CT molecular complexity index is 1340. The second-order valence-corrected chi connectivity index (χ2v) is 9.80. The van der Waals surface area contributed by atoms with Crippen LogP contribution in [0.25, 0.3) is 0 Å². The number of benzene rings is 4. The molecule has 5 heteroatoms. The number of hydrogen-bond acceptors (Lipinski definition) is 5. The highest BCUT2D eigenvalue weighted by molar-refractivity contribution is 5.96. The molecular formula is C35H34O5. The monoisotopic (exact) mass is 535 g/mol. The van der Waals surface area contributed by atoms with Gasteiger partial charge in [-0.25, -0.2) is 0 Å². The Morgan fingerprint density at radius 1 is 0.450 bits per heavy atom. The van der Waals surface area contributed by atoms with Crippen molar-refractivity contribution in [1.29, 1.82) is 0 Å². The predicted octanol–water partition coefficient (Wildman–Crippen LogP) is 6.47. The molecule has 0 N–H and O–H groups in total. The van der Waals surface area contributed by atoms with Crippen LogP contribution < -0.4 is 0 Å². The molecule has 5 nitrogen and oxygen atoms in total. The quantitative estimate of drug-likeness (QED) is 0.184. The fraction of sp³-hybridized carbons (Fsp3) is 0.229. The molecule has 204 valence electrons. The molecule has 0 fully saturated rings. The zero-order chi connectivity index (χ0) is 27.4. The molecule has 1 aliphatic carbocycles. The van der Waals surface area contributed by atoms with Crippen LogP contribution in [0.15, 0.2) is 133 Å². The smallest absolute Gasteiger partial charge is 0.187 e. The van der Waals surface area contributed by atoms with Gasteiger partial charge in [0.2, 0.25) is 0 Å². The minimum Gasteiger partial charge on any atom is -0.372 e. The summed E-state index contributed by atoms with van der Waals surface area (Å²) >= 11 is 0. The lowest BCUT2D eigenvalue weighted by molar-refractivity contribution is -0.163. The molecule has 0 unspecified atom stereocenters. The average molecular weight is 536 g/mol. The summed E-state index contributed by atoms with van der Waals surface area (Å²) in [7, 11) is 0. The van der Waals surface area contributed by atoms with E-state index in [0.717, 1.165) is 27.8 Å². The minimum absolute atomic E-state index is 0.146. The maximum atomic E-state index is 13.5. The average Bonchev–Trinajstić information content (AvgIpc) is 3.01. The van der Waals surface area contributed by atoms with Crippen molar-refractivity contribution in [1.82, 2.24) is 0 Å². The third-order valence-electron chi connectivity index (χ3n) is 6.78. The summed E-state index contributed by atoms with van der Waals surface area (Å²) in [4.78, 5) is 13.5. The Morgan fingerprint density at radius 3 is 1.32 bits per heavy atom. The van der Waals surface area contributed by atoms with Crippen molar-refractivity contribution in [2.24, 2.45) is 0 Å². The van der Waals surface area contributed by atoms with E-state index in [1.54, 1.807) is 6.08 Å². The number of ether oxygens (including phenoxy) is 4. The van der Waals surface area contributed by atoms with Gasteiger partial charge in [0, 0.05) is 0 Å². The molecule has 5 rings (SSSR count). The van der Waals surface area contributed by atoms with Gasteiger partial charge < -0.3 is 18.9 Å². The van der Waals surface area contributed by atoms with E-state index in [0.29, 0.717) is 26.4 Å². The Hall–Kier alpha value is -3.87. The van der Waals surface area contributed by atoms with Gasteiger partial charge in [0.15, 0.2) is 5.78 Å². The van der Waals surface area contributed by atoms with Crippen molar-refractivity contribution in [2.75, 3.05) is 6.61 Å². The van der Waals surface area contributed by atoms with Gasteiger partial charge in [0.25, 0.3) is 0 Å². The lowest BCUT2D eigenvalue weighted by atomic mass is 9.97. The first-order valence-corrected chi connectivity index (χ1v) is 13.6. The van der Waals surface area contributed by atoms with Crippen LogP contribution in [0.4, 0.5) is 0 Å². The molecule has 3 atom stereocenters. The lowest BCUT2D eigenvalue weighted by Crippen LogP contribution is -2.51. The number of carbonyl (C=O) groups excluding carboxylic acids is 1. The van der Waals surface area contributed by atoms with Gasteiger partial charge in [-0.15, -0.1) is 0 Å². The van der Waals surface area contributed by atoms with Crippen molar-refractivity contribution in [3.63, 3.8) is 0 Å². The summed E-state index contributed by atoms with van der Waals surface area (Å²) < 4.78 is 25.3. The van der Waals surface area contributed by atoms with E-state index >= 15 is 0 Å². The van der Waals surface area contributed by atoms with Crippen LogP contribution in [0, 0.1) is 0 Å². The van der Waals surface area contributed by atoms with Gasteiger partial charge >= 0.3 is 0 Å². The van der Waals surface area contributed by atoms with Gasteiger partial charge in [-0.2, -0.15) is 0 Å². The second-order valence-electron chi connectivity index (χ2n) is 9.80. The highest BCUT2D eigenvalue weighted by Crippen LogP contribution is 2.28. The molecule has 40 heavy (non-hydrogen) atoms. The standard InChI is InChI=1S/C35H34O5/c36-32-21-31(26-37-22-27-13-5-1-6-14-27)33(38-23-28-15-7-2-8-16-28)35(40-25-30-19-11-4-12-20-30)34(32)39-24-29-17-9-3-10-18-29/h1-21,33-35H,22-26H2/t33-,34+,35+/m1/s1/i32+1. The molecule has 0 amide bonds. The van der Waals surface area contributed by atoms with Gasteiger partial charge in [-0.1, -0.05) is 121 Å². The largest absolute Gasteiger partial charge is 0.372 e. The SMILES string of the molecule is O=[13C]1C=C(COCc2ccccc2)[C@@H](OCc2ccccc2)[C@H](OCc2ccccc2)[C@H]1OCc1ccccc1. The second kappa shape index (κ2) is 14.5. The summed E-state index contributed by atoms with van der Waals surface area (Å²) in [5.74, 6) is -0.146. The van der Waals surface area contributed by atoms with E-state index in [9.17, 15) is 4.79 Å². The summed E-state index contributed by atoms with van der Waals surface area (Å²) in [6.07, 6.45) is -0.375. The maximum Gasteiger partial charge on any atom is 0.187 e. The molecule has 4 aromatic rings. The molecule has 0 aliphatic heterocycles. The van der Waals surface area contributed by atoms with E-state index < -0.39 is 18.3 Å². The number of ketones is 1. The van der Waals surface area contributed by atoms with Crippen molar-refractivity contribution in [3.05, 3.63) is 155 Å². The molecular weight excluding hydrogens is 501 g/mol. The third-order valence-corrected chi connectivity index (χ3v) is 6.78. The normalized spacial score (nSPS) is 18.9. The van der Waals surface area contributed by atoms with E-state index in [2.05, 4.69) is 0 Å². The van der Waals surface area contributed by atoms with Crippen LogP contribution in [0.3, 0.4) is 0 Å². The topological polar surface area (TPSA) is 54.0 Å². The number of hydrogen-bond donors (Lipinski definition) is 0. The first kappa shape index (κ1) is 27.7. The van der Waals surface area contributed by atoms with Gasteiger partial charge in [0.1, 0.15) is 18.3 Å². The lowest BCUT2D eigenvalue weighted by Gasteiger charge is -2.37. The van der Waals surface area contributed by atoms with Crippen molar-refractivity contribution in [3.8, 4) is 0 Å². The van der Waals surface area contributed by atoms with E-state index in [4.69, 9.17) is 18.9 Å². The molecule has 0 saturated heterocycles. The van der Waals surface area contributed by atoms with Crippen molar-refractivity contribution in [2.45, 2.75) is 44.7 Å². The van der Waals surface area contributed by atoms with Crippen LogP contribution in [0.1, 0.15) is 22.3 Å². The summed E-state index contributed by atoms with van der Waals surface area (Å²) in [6, 6.07) is 39.7. The zero-order valence-electron chi connectivity index (χ0n) is 22.4. The minimum atomic E-state index is -0.817. The number of rotatable bonds is 13. The van der Waals surface area contributed by atoms with Gasteiger partial charge in [-0.05, 0) is 33.9 Å². The third kappa shape index (κ3) is 7.84. The Morgan fingerprint density at radius 2 is 0.850 bits per heavy atom. The molecule has 0 spiro atoms. The summed E-state index contributed by atoms with van der Waals surface area (Å²) in [5.41, 5.74) is 4.84. The molecule has 0 heterocycles. The fourth-order valence-electron chi connectivity index (χ4n) is 4.70. The van der Waals surface area contributed by atoms with Crippen LogP contribution in [0.2, 0.25) is 0 Å². The van der Waals surface area contributed by atoms with Crippen LogP contribution in [-0.2, 0) is 50.2 Å². The Balaban J connectivity index is 1.39. The Labute approximate surface area is 236 Å². The molecule has 0 aromatic heterocycles. The molecule has 0 bridgehead atoms. The van der Waals surface area contributed by atoms with E-state index in [1.165, 1.54) is 0 Å². The Kier molecular flexibility index (Phi) is 10.0. The fourth-order valence-corrected chi connectivity index (χ4v) is 4.70. The highest BCUT2D eigenvalue weighted by atomic mass is 16.6. The van der Waals surface area contributed by atoms with Crippen LogP contribution >= 0.6 is 0 Å². The molecule has 0 radical (unpaired) electrons. The zero-order valence-corrected chi connectivity index (χ0v) is 22.4. The first-order chi connectivity index (χ1) is 19.8. The van der Waals surface area contributed by atoms with Gasteiger partial charge in [0.05, 0.1) is 33.0 Å². The van der Waals surface area contributed by atoms with Crippen molar-refractivity contribution < 1.29 is 23.7 Å². The molecule has 1 aliphatic rings. The number of carbonyl (C=O) groups is 1. The first-order valence-electron chi connectivity index (χ1n) is 13.6. The molecule has 0 saturated carbocycles. The highest BCUT2D eigenvalue weighted by Gasteiger charge is 2.42.